The first-order valence-corrected chi connectivity index (χ1v) is 9.61. The lowest BCUT2D eigenvalue weighted by Gasteiger charge is -2.23. The molecule has 0 aliphatic carbocycles. The molecule has 0 saturated heterocycles. The number of rotatable bonds is 5. The Labute approximate surface area is 161 Å². The van der Waals surface area contributed by atoms with Gasteiger partial charge in [-0.25, -0.2) is 0 Å². The van der Waals surface area contributed by atoms with E-state index in [0.29, 0.717) is 23.6 Å². The summed E-state index contributed by atoms with van der Waals surface area (Å²) < 4.78 is 5.62. The monoisotopic (exact) mass is 374 g/mol. The molecule has 4 rings (SSSR count). The minimum absolute atomic E-state index is 0.139. The predicted molar refractivity (Wildman–Crippen MR) is 105 cm³/mol. The van der Waals surface area contributed by atoms with E-state index >= 15 is 0 Å². The summed E-state index contributed by atoms with van der Waals surface area (Å²) in [6, 6.07) is 22.5. The van der Waals surface area contributed by atoms with Crippen molar-refractivity contribution < 1.29 is 4.74 Å². The molecular formula is C21H18N4OS. The fourth-order valence-electron chi connectivity index (χ4n) is 3.25. The summed E-state index contributed by atoms with van der Waals surface area (Å²) >= 11 is 1.71. The third-order valence-electron chi connectivity index (χ3n) is 4.55. The largest absolute Gasteiger partial charge is 0.420 e. The van der Waals surface area contributed by atoms with Crippen molar-refractivity contribution in [2.45, 2.75) is 23.0 Å². The Morgan fingerprint density at radius 1 is 1.11 bits per heavy atom. The van der Waals surface area contributed by atoms with Crippen molar-refractivity contribution in [3.8, 4) is 11.9 Å². The summed E-state index contributed by atoms with van der Waals surface area (Å²) in [5, 5.41) is 17.0. The molecule has 3 N–H and O–H groups in total. The maximum Gasteiger partial charge on any atom is 0.243 e. The van der Waals surface area contributed by atoms with Crippen molar-refractivity contribution >= 4 is 11.8 Å². The van der Waals surface area contributed by atoms with Gasteiger partial charge in [0.15, 0.2) is 0 Å². The van der Waals surface area contributed by atoms with Gasteiger partial charge in [0.05, 0.1) is 11.3 Å². The molecule has 1 aromatic heterocycles. The molecule has 0 amide bonds. The number of hydrogen-bond donors (Lipinski definition) is 2. The van der Waals surface area contributed by atoms with Gasteiger partial charge in [0.1, 0.15) is 6.07 Å². The molecular weight excluding hydrogens is 356 g/mol. The second-order valence-electron chi connectivity index (χ2n) is 6.26. The Morgan fingerprint density at radius 3 is 2.52 bits per heavy atom. The molecule has 0 spiro atoms. The number of fused-ring (bicyclic) bond motifs is 1. The van der Waals surface area contributed by atoms with Crippen molar-refractivity contribution in [1.29, 1.82) is 5.26 Å². The molecule has 1 aliphatic heterocycles. The average Bonchev–Trinajstić information content (AvgIpc) is 3.10. The Kier molecular flexibility index (Phi) is 4.86. The number of ether oxygens (including phenoxy) is 1. The minimum Gasteiger partial charge on any atom is -0.420 e. The van der Waals surface area contributed by atoms with Crippen LogP contribution in [0.2, 0.25) is 0 Å². The van der Waals surface area contributed by atoms with E-state index in [0.717, 1.165) is 16.8 Å². The third kappa shape index (κ3) is 3.55. The summed E-state index contributed by atoms with van der Waals surface area (Å²) in [6.07, 6.45) is 0.670. The van der Waals surface area contributed by atoms with Gasteiger partial charge < -0.3 is 10.5 Å². The molecule has 1 atom stereocenters. The number of hydrogen-bond acceptors (Lipinski definition) is 5. The SMILES string of the molecule is N#CC1=C(N)Oc2n[nH]c(CSc3ccccc3)c2[C@@H]1Cc1ccccc1. The number of nitrogens with zero attached hydrogens (tertiary/aromatic N) is 2. The van der Waals surface area contributed by atoms with Crippen molar-refractivity contribution in [2.75, 3.05) is 0 Å². The highest BCUT2D eigenvalue weighted by atomic mass is 32.2. The lowest BCUT2D eigenvalue weighted by Crippen LogP contribution is -2.21. The summed E-state index contributed by atoms with van der Waals surface area (Å²) in [5.41, 5.74) is 9.48. The van der Waals surface area contributed by atoms with Gasteiger partial charge in [0, 0.05) is 22.1 Å². The molecule has 5 nitrogen and oxygen atoms in total. The van der Waals surface area contributed by atoms with Crippen molar-refractivity contribution in [1.82, 2.24) is 10.2 Å². The number of benzene rings is 2. The number of nitriles is 1. The molecule has 0 fully saturated rings. The highest BCUT2D eigenvalue weighted by molar-refractivity contribution is 7.98. The molecule has 2 aromatic carbocycles. The zero-order valence-electron chi connectivity index (χ0n) is 14.6. The molecule has 0 unspecified atom stereocenters. The topological polar surface area (TPSA) is 87.7 Å². The van der Waals surface area contributed by atoms with Crippen LogP contribution >= 0.6 is 11.8 Å². The second-order valence-corrected chi connectivity index (χ2v) is 7.31. The van der Waals surface area contributed by atoms with E-state index in [4.69, 9.17) is 10.5 Å². The summed E-state index contributed by atoms with van der Waals surface area (Å²) in [4.78, 5) is 1.17. The first kappa shape index (κ1) is 17.3. The van der Waals surface area contributed by atoms with Gasteiger partial charge in [-0.1, -0.05) is 48.5 Å². The standard InChI is InChI=1S/C21H18N4OS/c22-12-17-16(11-14-7-3-1-4-8-14)19-18(24-25-21(19)26-20(17)23)13-27-15-9-5-2-6-10-15/h1-10,16H,11,13,23H2,(H,24,25)/t16-/m1/s1. The molecule has 0 saturated carbocycles. The zero-order chi connectivity index (χ0) is 18.6. The number of aromatic amines is 1. The summed E-state index contributed by atoms with van der Waals surface area (Å²) in [6.45, 7) is 0. The van der Waals surface area contributed by atoms with Crippen molar-refractivity contribution in [3.05, 3.63) is 88.9 Å². The zero-order valence-corrected chi connectivity index (χ0v) is 15.4. The van der Waals surface area contributed by atoms with Gasteiger partial charge in [-0.15, -0.1) is 16.9 Å². The molecule has 134 valence electrons. The Hall–Kier alpha value is -3.17. The highest BCUT2D eigenvalue weighted by Crippen LogP contribution is 2.42. The molecule has 27 heavy (non-hydrogen) atoms. The fraction of sp³-hybridized carbons (Fsp3) is 0.143. The van der Waals surface area contributed by atoms with Crippen LogP contribution in [0.4, 0.5) is 0 Å². The van der Waals surface area contributed by atoms with Crippen LogP contribution in [-0.2, 0) is 12.2 Å². The number of nitrogens with one attached hydrogen (secondary N) is 1. The van der Waals surface area contributed by atoms with Crippen LogP contribution in [0.5, 0.6) is 5.88 Å². The molecule has 1 aliphatic rings. The van der Waals surface area contributed by atoms with E-state index in [9.17, 15) is 5.26 Å². The van der Waals surface area contributed by atoms with Gasteiger partial charge in [-0.2, -0.15) is 5.26 Å². The Balaban J connectivity index is 1.66. The normalized spacial score (nSPS) is 15.7. The Morgan fingerprint density at radius 2 is 1.81 bits per heavy atom. The van der Waals surface area contributed by atoms with Crippen molar-refractivity contribution in [3.63, 3.8) is 0 Å². The molecule has 0 radical (unpaired) electrons. The third-order valence-corrected chi connectivity index (χ3v) is 5.58. The van der Waals surface area contributed by atoms with Gasteiger partial charge in [0.2, 0.25) is 11.8 Å². The molecule has 6 heteroatoms. The highest BCUT2D eigenvalue weighted by Gasteiger charge is 2.33. The van der Waals surface area contributed by atoms with Gasteiger partial charge >= 0.3 is 0 Å². The Bertz CT molecular complexity index is 1010. The summed E-state index contributed by atoms with van der Waals surface area (Å²) in [5.74, 6) is 1.14. The van der Waals surface area contributed by atoms with Crippen LogP contribution in [0.3, 0.4) is 0 Å². The van der Waals surface area contributed by atoms with Crippen LogP contribution in [0.25, 0.3) is 0 Å². The fourth-order valence-corrected chi connectivity index (χ4v) is 4.13. The lowest BCUT2D eigenvalue weighted by molar-refractivity contribution is 0.373. The minimum atomic E-state index is -0.175. The lowest BCUT2D eigenvalue weighted by atomic mass is 9.85. The van der Waals surface area contributed by atoms with E-state index in [1.165, 1.54) is 4.90 Å². The van der Waals surface area contributed by atoms with Gasteiger partial charge in [-0.3, -0.25) is 5.10 Å². The van der Waals surface area contributed by atoms with E-state index in [2.05, 4.69) is 40.5 Å². The van der Waals surface area contributed by atoms with Crippen LogP contribution < -0.4 is 10.5 Å². The predicted octanol–water partition coefficient (Wildman–Crippen LogP) is 4.11. The van der Waals surface area contributed by atoms with E-state index in [1.54, 1.807) is 11.8 Å². The van der Waals surface area contributed by atoms with Gasteiger partial charge in [-0.05, 0) is 24.1 Å². The van der Waals surface area contributed by atoms with Crippen LogP contribution in [0.1, 0.15) is 22.7 Å². The van der Waals surface area contributed by atoms with E-state index in [1.807, 2.05) is 36.4 Å². The number of aromatic nitrogens is 2. The van der Waals surface area contributed by atoms with Crippen LogP contribution in [0, 0.1) is 11.3 Å². The number of H-pyrrole nitrogens is 1. The number of allylic oxidation sites excluding steroid dienone is 1. The molecule has 3 aromatic rings. The van der Waals surface area contributed by atoms with Crippen LogP contribution in [0.15, 0.2) is 77.0 Å². The first-order chi connectivity index (χ1) is 13.3. The second kappa shape index (κ2) is 7.60. The summed E-state index contributed by atoms with van der Waals surface area (Å²) in [7, 11) is 0. The number of thioether (sulfide) groups is 1. The molecule has 0 bridgehead atoms. The maximum absolute atomic E-state index is 9.67. The quantitative estimate of drug-likeness (QED) is 0.656. The smallest absolute Gasteiger partial charge is 0.243 e. The maximum atomic E-state index is 9.67. The average molecular weight is 374 g/mol. The van der Waals surface area contributed by atoms with E-state index in [-0.39, 0.29) is 11.8 Å². The van der Waals surface area contributed by atoms with E-state index < -0.39 is 0 Å². The first-order valence-electron chi connectivity index (χ1n) is 8.62. The molecule has 2 heterocycles. The van der Waals surface area contributed by atoms with Gasteiger partial charge in [0.25, 0.3) is 0 Å². The van der Waals surface area contributed by atoms with Crippen molar-refractivity contribution in [2.24, 2.45) is 5.73 Å². The number of nitrogens with two attached hydrogens (primary N) is 1. The van der Waals surface area contributed by atoms with Crippen LogP contribution in [-0.4, -0.2) is 10.2 Å².